The highest BCUT2D eigenvalue weighted by atomic mass is 14.3. The normalized spacial score (nSPS) is 12.0. The molecule has 0 amide bonds. The average Bonchev–Trinajstić information content (AvgIpc) is 2.98. The van der Waals surface area contributed by atoms with Gasteiger partial charge in [0, 0.05) is 0 Å². The quantitative estimate of drug-likeness (QED) is 0.0651. The van der Waals surface area contributed by atoms with Crippen molar-refractivity contribution in [1.29, 1.82) is 0 Å². The summed E-state index contributed by atoms with van der Waals surface area (Å²) >= 11 is 0. The van der Waals surface area contributed by atoms with Crippen LogP contribution >= 0.6 is 0 Å². The fourth-order valence-electron chi connectivity index (χ4n) is 7.29. The van der Waals surface area contributed by atoms with Gasteiger partial charge >= 0.3 is 0 Å². The molecule has 0 aliphatic carbocycles. The van der Waals surface area contributed by atoms with Gasteiger partial charge in [0.1, 0.15) is 0 Å². The van der Waals surface area contributed by atoms with Crippen LogP contribution in [-0.2, 0) is 0 Å². The van der Waals surface area contributed by atoms with E-state index in [0.29, 0.717) is 5.41 Å². The molecule has 0 aromatic carbocycles. The van der Waals surface area contributed by atoms with Crippen molar-refractivity contribution in [2.24, 2.45) is 5.41 Å². The van der Waals surface area contributed by atoms with Crippen LogP contribution in [0.3, 0.4) is 0 Å². The van der Waals surface area contributed by atoms with E-state index < -0.39 is 0 Å². The van der Waals surface area contributed by atoms with Crippen LogP contribution in [0.4, 0.5) is 0 Å². The Morgan fingerprint density at radius 3 is 0.512 bits per heavy atom. The Bertz CT molecular complexity index is 365. The zero-order valence-electron chi connectivity index (χ0n) is 30.0. The third-order valence-electron chi connectivity index (χ3n) is 10.2. The lowest BCUT2D eigenvalue weighted by atomic mass is 9.70. The van der Waals surface area contributed by atoms with E-state index in [0.717, 1.165) is 0 Å². The molecule has 0 unspecified atom stereocenters. The minimum Gasteiger partial charge on any atom is -0.0654 e. The van der Waals surface area contributed by atoms with Gasteiger partial charge in [-0.15, -0.1) is 0 Å². The van der Waals surface area contributed by atoms with Crippen molar-refractivity contribution < 1.29 is 0 Å². The number of hydrogen-bond acceptors (Lipinski definition) is 0. The summed E-state index contributed by atoms with van der Waals surface area (Å²) in [5.41, 5.74) is 0.675. The summed E-state index contributed by atoms with van der Waals surface area (Å²) in [6.45, 7) is 9.35. The molecule has 0 heteroatoms. The Morgan fingerprint density at radius 2 is 0.341 bits per heavy atom. The van der Waals surface area contributed by atoms with Crippen LogP contribution in [0.25, 0.3) is 0 Å². The second-order valence-electron chi connectivity index (χ2n) is 14.4. The van der Waals surface area contributed by atoms with Gasteiger partial charge in [0.05, 0.1) is 0 Å². The Balaban J connectivity index is 4.82. The first-order valence-corrected chi connectivity index (χ1v) is 20.2. The van der Waals surface area contributed by atoms with Crippen LogP contribution in [0.5, 0.6) is 0 Å². The van der Waals surface area contributed by atoms with E-state index >= 15 is 0 Å². The molecule has 0 fully saturated rings. The van der Waals surface area contributed by atoms with Gasteiger partial charge in [0.15, 0.2) is 0 Å². The van der Waals surface area contributed by atoms with Crippen molar-refractivity contribution in [3.8, 4) is 0 Å². The molecule has 0 rings (SSSR count). The van der Waals surface area contributed by atoms with E-state index in [1.807, 2.05) is 0 Å². The van der Waals surface area contributed by atoms with E-state index in [-0.39, 0.29) is 0 Å². The summed E-state index contributed by atoms with van der Waals surface area (Å²) in [7, 11) is 0. The highest BCUT2D eigenvalue weighted by molar-refractivity contribution is 4.80. The van der Waals surface area contributed by atoms with E-state index in [2.05, 4.69) is 27.7 Å². The number of rotatable bonds is 36. The molecule has 0 saturated heterocycles. The summed E-state index contributed by atoms with van der Waals surface area (Å²) < 4.78 is 0. The van der Waals surface area contributed by atoms with Crippen LogP contribution in [0.15, 0.2) is 0 Å². The molecule has 0 radical (unpaired) electrons. The highest BCUT2D eigenvalue weighted by Crippen LogP contribution is 2.42. The molecule has 0 spiro atoms. The third kappa shape index (κ3) is 29.8. The fraction of sp³-hybridized carbons (Fsp3) is 1.00. The predicted octanol–water partition coefficient (Wildman–Crippen LogP) is 16.1. The van der Waals surface area contributed by atoms with E-state index in [1.165, 1.54) is 205 Å². The first-order chi connectivity index (χ1) is 20.2. The van der Waals surface area contributed by atoms with Crippen molar-refractivity contribution in [1.82, 2.24) is 0 Å². The molecular formula is C41H84. The lowest BCUT2D eigenvalue weighted by Gasteiger charge is -2.35. The molecule has 0 heterocycles. The Morgan fingerprint density at radius 1 is 0.195 bits per heavy atom. The SMILES string of the molecule is CCCCCCCCCCC(CCCCCCCCCC)(CCCCCCCCCC)CCCCCCCCCC. The maximum atomic E-state index is 2.34. The van der Waals surface area contributed by atoms with Crippen molar-refractivity contribution in [2.45, 2.75) is 259 Å². The Kier molecular flexibility index (Phi) is 34.5. The van der Waals surface area contributed by atoms with Crippen LogP contribution in [0.1, 0.15) is 259 Å². The number of unbranched alkanes of at least 4 members (excludes halogenated alkanes) is 28. The zero-order chi connectivity index (χ0) is 30.0. The van der Waals surface area contributed by atoms with Gasteiger partial charge in [0.25, 0.3) is 0 Å². The lowest BCUT2D eigenvalue weighted by molar-refractivity contribution is 0.171. The van der Waals surface area contributed by atoms with Crippen LogP contribution < -0.4 is 0 Å². The minimum atomic E-state index is 0.675. The molecule has 0 aliphatic heterocycles. The van der Waals surface area contributed by atoms with Gasteiger partial charge in [-0.2, -0.15) is 0 Å². The third-order valence-corrected chi connectivity index (χ3v) is 10.2. The summed E-state index contributed by atoms with van der Waals surface area (Å²) in [6, 6.07) is 0. The van der Waals surface area contributed by atoms with Crippen molar-refractivity contribution >= 4 is 0 Å². The molecule has 0 aliphatic rings. The zero-order valence-corrected chi connectivity index (χ0v) is 30.0. The second-order valence-corrected chi connectivity index (χ2v) is 14.4. The molecular weight excluding hydrogens is 492 g/mol. The van der Waals surface area contributed by atoms with Gasteiger partial charge in [-0.1, -0.05) is 233 Å². The summed E-state index contributed by atoms with van der Waals surface area (Å²) in [4.78, 5) is 0. The average molecular weight is 577 g/mol. The number of hydrogen-bond donors (Lipinski definition) is 0. The van der Waals surface area contributed by atoms with Gasteiger partial charge < -0.3 is 0 Å². The maximum Gasteiger partial charge on any atom is -0.0297 e. The molecule has 0 N–H and O–H groups in total. The monoisotopic (exact) mass is 577 g/mol. The highest BCUT2D eigenvalue weighted by Gasteiger charge is 2.28. The lowest BCUT2D eigenvalue weighted by Crippen LogP contribution is -2.21. The van der Waals surface area contributed by atoms with Gasteiger partial charge in [-0.25, -0.2) is 0 Å². The standard InChI is InChI=1S/C41H84/c1-5-9-13-17-21-25-29-33-37-41(38-34-30-26-22-18-14-10-6-2,39-35-31-27-23-19-15-11-7-3)40-36-32-28-24-20-16-12-8-4/h5-40H2,1-4H3. The molecule has 41 heavy (non-hydrogen) atoms. The first-order valence-electron chi connectivity index (χ1n) is 20.2. The summed E-state index contributed by atoms with van der Waals surface area (Å²) in [5.74, 6) is 0. The van der Waals surface area contributed by atoms with Crippen LogP contribution in [0.2, 0.25) is 0 Å². The van der Waals surface area contributed by atoms with Crippen molar-refractivity contribution in [2.75, 3.05) is 0 Å². The molecule has 0 atom stereocenters. The maximum absolute atomic E-state index is 2.34. The molecule has 0 aromatic rings. The van der Waals surface area contributed by atoms with E-state index in [9.17, 15) is 0 Å². The van der Waals surface area contributed by atoms with Crippen molar-refractivity contribution in [3.05, 3.63) is 0 Å². The predicted molar refractivity (Wildman–Crippen MR) is 191 cm³/mol. The largest absolute Gasteiger partial charge is 0.0654 e. The molecule has 0 saturated carbocycles. The van der Waals surface area contributed by atoms with E-state index in [4.69, 9.17) is 0 Å². The smallest absolute Gasteiger partial charge is 0.0297 e. The van der Waals surface area contributed by atoms with E-state index in [1.54, 1.807) is 25.7 Å². The molecule has 0 bridgehead atoms. The topological polar surface area (TPSA) is 0 Å². The molecule has 0 aromatic heterocycles. The second kappa shape index (κ2) is 34.5. The first kappa shape index (κ1) is 41.0. The Labute approximate surface area is 263 Å². The summed E-state index contributed by atoms with van der Waals surface area (Å²) in [5, 5.41) is 0. The fourth-order valence-corrected chi connectivity index (χ4v) is 7.29. The molecule has 0 nitrogen and oxygen atoms in total. The molecule has 248 valence electrons. The van der Waals surface area contributed by atoms with Gasteiger partial charge in [-0.05, 0) is 31.1 Å². The minimum absolute atomic E-state index is 0.675. The van der Waals surface area contributed by atoms with Crippen LogP contribution in [-0.4, -0.2) is 0 Å². The summed E-state index contributed by atoms with van der Waals surface area (Å²) in [6.07, 6.45) is 53.2. The Hall–Kier alpha value is 0. The van der Waals surface area contributed by atoms with Gasteiger partial charge in [0.2, 0.25) is 0 Å². The van der Waals surface area contributed by atoms with Gasteiger partial charge in [-0.3, -0.25) is 0 Å². The van der Waals surface area contributed by atoms with Crippen LogP contribution in [0, 0.1) is 5.41 Å². The van der Waals surface area contributed by atoms with Crippen molar-refractivity contribution in [3.63, 3.8) is 0 Å².